The smallest absolute Gasteiger partial charge is 0.306 e. The Morgan fingerprint density at radius 1 is 0.273 bits per heavy atom. The van der Waals surface area contributed by atoms with Crippen LogP contribution in [-0.2, 0) is 28.6 Å². The first-order valence-electron chi connectivity index (χ1n) is 31.3. The summed E-state index contributed by atoms with van der Waals surface area (Å²) in [4.78, 5) is 38.2. The average molecular weight is 1060 g/mol. The molecule has 0 aliphatic heterocycles. The predicted molar refractivity (Wildman–Crippen MR) is 334 cm³/mol. The summed E-state index contributed by atoms with van der Waals surface area (Å²) in [5.74, 6) is -0.978. The number of ether oxygens (including phenoxy) is 3. The van der Waals surface area contributed by atoms with Crippen molar-refractivity contribution in [1.29, 1.82) is 0 Å². The molecule has 0 aliphatic rings. The molecule has 0 fully saturated rings. The van der Waals surface area contributed by atoms with Crippen molar-refractivity contribution in [2.75, 3.05) is 13.2 Å². The molecular formula is C71H114O6. The fraction of sp³-hybridized carbons (Fsp3) is 0.620. The zero-order valence-corrected chi connectivity index (χ0v) is 49.7. The number of allylic oxidation sites excluding steroid dienone is 24. The van der Waals surface area contributed by atoms with E-state index >= 15 is 0 Å². The molecule has 1 unspecified atom stereocenters. The highest BCUT2D eigenvalue weighted by atomic mass is 16.6. The van der Waals surface area contributed by atoms with E-state index in [1.807, 2.05) is 0 Å². The van der Waals surface area contributed by atoms with Crippen LogP contribution in [0, 0.1) is 0 Å². The van der Waals surface area contributed by atoms with Crippen LogP contribution in [0.2, 0.25) is 0 Å². The van der Waals surface area contributed by atoms with Gasteiger partial charge in [-0.2, -0.15) is 0 Å². The molecule has 0 bridgehead atoms. The normalized spacial score (nSPS) is 13.1. The average Bonchev–Trinajstić information content (AvgIpc) is 3.43. The van der Waals surface area contributed by atoms with Gasteiger partial charge < -0.3 is 14.2 Å². The molecule has 0 saturated carbocycles. The maximum absolute atomic E-state index is 12.9. The van der Waals surface area contributed by atoms with Crippen molar-refractivity contribution >= 4 is 17.9 Å². The van der Waals surface area contributed by atoms with Gasteiger partial charge in [0.1, 0.15) is 13.2 Å². The van der Waals surface area contributed by atoms with Crippen LogP contribution in [0.15, 0.2) is 146 Å². The number of rotatable bonds is 55. The van der Waals surface area contributed by atoms with Crippen LogP contribution in [0.3, 0.4) is 0 Å². The van der Waals surface area contributed by atoms with E-state index in [4.69, 9.17) is 14.2 Å². The SMILES string of the molecule is CC/C=C\C/C=C\C/C=C\C/C=C\C/C=C\C/C=C\C/C=C\C/C=C\CCCCC(=O)OCC(COC(=O)CCCCCCC/C=C\CCCC)OC(=O)CCCCCCCC/C=C\C/C=C\C/C=C\CCCCCCC. The van der Waals surface area contributed by atoms with Crippen molar-refractivity contribution in [3.63, 3.8) is 0 Å². The molecule has 1 atom stereocenters. The highest BCUT2D eigenvalue weighted by molar-refractivity contribution is 5.71. The molecule has 0 saturated heterocycles. The molecule has 77 heavy (non-hydrogen) atoms. The van der Waals surface area contributed by atoms with Gasteiger partial charge in [-0.1, -0.05) is 250 Å². The molecule has 0 radical (unpaired) electrons. The van der Waals surface area contributed by atoms with Gasteiger partial charge in [0.15, 0.2) is 6.10 Å². The Hall–Kier alpha value is -4.71. The Bertz CT molecular complexity index is 1700. The van der Waals surface area contributed by atoms with Crippen LogP contribution >= 0.6 is 0 Å². The lowest BCUT2D eigenvalue weighted by Crippen LogP contribution is -2.30. The minimum atomic E-state index is -0.813. The maximum atomic E-state index is 12.9. The summed E-state index contributed by atoms with van der Waals surface area (Å²) < 4.78 is 16.8. The van der Waals surface area contributed by atoms with E-state index in [0.717, 1.165) is 141 Å². The standard InChI is InChI=1S/C71H114O6/c1-4-7-10-13-16-19-22-24-26-28-30-32-33-34-35-36-37-39-40-42-44-46-49-52-55-58-61-64-70(73)76-67-68(66-75-69(72)63-60-57-54-51-48-21-18-15-12-9-6-3)77-71(74)65-62-59-56-53-50-47-45-43-41-38-31-29-27-25-23-20-17-14-11-8-5-2/h7,10,15-16,18-19,23-26,29-32,34-35,37,39,41-44,49,52,68H,4-6,8-9,11-14,17,20-22,27-28,33,36,38,40,45-48,50-51,53-67H2,1-3H3/b10-7-,18-15-,19-16-,25-23-,26-24-,31-29-,32-30-,35-34-,39-37-,43-41-,44-42-,52-49-. The molecule has 0 spiro atoms. The summed E-state index contributed by atoms with van der Waals surface area (Å²) in [6.45, 7) is 6.42. The third-order valence-electron chi connectivity index (χ3n) is 12.8. The lowest BCUT2D eigenvalue weighted by Gasteiger charge is -2.18. The first kappa shape index (κ1) is 72.3. The molecule has 0 aromatic carbocycles. The molecule has 0 amide bonds. The molecule has 0 heterocycles. The highest BCUT2D eigenvalue weighted by Crippen LogP contribution is 2.13. The van der Waals surface area contributed by atoms with Gasteiger partial charge in [0, 0.05) is 19.3 Å². The topological polar surface area (TPSA) is 78.9 Å². The van der Waals surface area contributed by atoms with E-state index < -0.39 is 6.10 Å². The van der Waals surface area contributed by atoms with E-state index in [-0.39, 0.29) is 31.1 Å². The Labute approximate surface area is 474 Å². The predicted octanol–water partition coefficient (Wildman–Crippen LogP) is 21.5. The largest absolute Gasteiger partial charge is 0.462 e. The third-order valence-corrected chi connectivity index (χ3v) is 12.8. The number of carbonyl (C=O) groups is 3. The van der Waals surface area contributed by atoms with Crippen LogP contribution in [0.25, 0.3) is 0 Å². The van der Waals surface area contributed by atoms with Crippen LogP contribution < -0.4 is 0 Å². The van der Waals surface area contributed by atoms with Gasteiger partial charge in [-0.25, -0.2) is 0 Å². The molecule has 0 aromatic rings. The summed E-state index contributed by atoms with van der Waals surface area (Å²) in [7, 11) is 0. The second-order valence-electron chi connectivity index (χ2n) is 20.2. The minimum Gasteiger partial charge on any atom is -0.462 e. The Morgan fingerprint density at radius 3 is 0.870 bits per heavy atom. The number of hydrogen-bond donors (Lipinski definition) is 0. The molecule has 0 rings (SSSR count). The summed E-state index contributed by atoms with van der Waals surface area (Å²) in [6, 6.07) is 0. The van der Waals surface area contributed by atoms with Gasteiger partial charge in [-0.15, -0.1) is 0 Å². The van der Waals surface area contributed by atoms with Crippen molar-refractivity contribution in [3.05, 3.63) is 146 Å². The zero-order chi connectivity index (χ0) is 55.7. The van der Waals surface area contributed by atoms with E-state index in [0.29, 0.717) is 25.7 Å². The van der Waals surface area contributed by atoms with Gasteiger partial charge in [0.2, 0.25) is 0 Å². The van der Waals surface area contributed by atoms with Crippen molar-refractivity contribution in [2.24, 2.45) is 0 Å². The maximum Gasteiger partial charge on any atom is 0.306 e. The van der Waals surface area contributed by atoms with Crippen molar-refractivity contribution in [3.8, 4) is 0 Å². The summed E-state index contributed by atoms with van der Waals surface area (Å²) in [5, 5.41) is 0. The monoisotopic (exact) mass is 1060 g/mol. The molecule has 0 aliphatic carbocycles. The van der Waals surface area contributed by atoms with Crippen molar-refractivity contribution in [1.82, 2.24) is 0 Å². The minimum absolute atomic E-state index is 0.107. The van der Waals surface area contributed by atoms with Crippen LogP contribution in [0.1, 0.15) is 265 Å². The summed E-state index contributed by atoms with van der Waals surface area (Å²) in [6.07, 6.45) is 91.4. The van der Waals surface area contributed by atoms with E-state index in [1.54, 1.807) is 0 Å². The molecule has 0 aromatic heterocycles. The van der Waals surface area contributed by atoms with Crippen molar-refractivity contribution in [2.45, 2.75) is 271 Å². The fourth-order valence-corrected chi connectivity index (χ4v) is 8.09. The number of carbonyl (C=O) groups excluding carboxylic acids is 3. The number of esters is 3. The van der Waals surface area contributed by atoms with Gasteiger partial charge >= 0.3 is 17.9 Å². The van der Waals surface area contributed by atoms with Crippen molar-refractivity contribution < 1.29 is 28.6 Å². The van der Waals surface area contributed by atoms with E-state index in [1.165, 1.54) is 77.0 Å². The Morgan fingerprint density at radius 2 is 0.519 bits per heavy atom. The second kappa shape index (κ2) is 63.8. The summed E-state index contributed by atoms with van der Waals surface area (Å²) in [5.41, 5.74) is 0. The molecule has 6 heteroatoms. The Kier molecular flexibility index (Phi) is 59.9. The molecule has 0 N–H and O–H groups in total. The van der Waals surface area contributed by atoms with Crippen LogP contribution in [0.5, 0.6) is 0 Å². The number of unbranched alkanes of at least 4 members (excludes halogenated alkanes) is 20. The van der Waals surface area contributed by atoms with Gasteiger partial charge in [-0.05, 0) is 141 Å². The van der Waals surface area contributed by atoms with Crippen LogP contribution in [-0.4, -0.2) is 37.2 Å². The molecule has 6 nitrogen and oxygen atoms in total. The summed E-state index contributed by atoms with van der Waals surface area (Å²) >= 11 is 0. The van der Waals surface area contributed by atoms with Crippen LogP contribution in [0.4, 0.5) is 0 Å². The number of hydrogen-bond acceptors (Lipinski definition) is 6. The first-order chi connectivity index (χ1) is 38.0. The Balaban J connectivity index is 4.44. The van der Waals surface area contributed by atoms with Gasteiger partial charge in [0.25, 0.3) is 0 Å². The lowest BCUT2D eigenvalue weighted by atomic mass is 10.1. The molecule has 434 valence electrons. The van der Waals surface area contributed by atoms with E-state index in [9.17, 15) is 14.4 Å². The first-order valence-corrected chi connectivity index (χ1v) is 31.3. The molecular weight excluding hydrogens is 949 g/mol. The zero-order valence-electron chi connectivity index (χ0n) is 49.7. The fourth-order valence-electron chi connectivity index (χ4n) is 8.09. The lowest BCUT2D eigenvalue weighted by molar-refractivity contribution is -0.167. The third kappa shape index (κ3) is 62.0. The second-order valence-corrected chi connectivity index (χ2v) is 20.2. The van der Waals surface area contributed by atoms with E-state index in [2.05, 4.69) is 167 Å². The quantitative estimate of drug-likeness (QED) is 0.0261. The highest BCUT2D eigenvalue weighted by Gasteiger charge is 2.19. The van der Waals surface area contributed by atoms with Gasteiger partial charge in [0.05, 0.1) is 0 Å². The van der Waals surface area contributed by atoms with Gasteiger partial charge in [-0.3, -0.25) is 14.4 Å².